The summed E-state index contributed by atoms with van der Waals surface area (Å²) in [5.74, 6) is -0.151. The van der Waals surface area contributed by atoms with Crippen LogP contribution in [0.5, 0.6) is 11.5 Å². The highest BCUT2D eigenvalue weighted by atomic mass is 79.9. The van der Waals surface area contributed by atoms with Crippen LogP contribution in [0.3, 0.4) is 0 Å². The van der Waals surface area contributed by atoms with Crippen molar-refractivity contribution >= 4 is 28.0 Å². The molecule has 0 radical (unpaired) electrons. The number of carbonyl (C=O) groups is 1. The molecule has 1 heterocycles. The number of halogens is 1. The number of carboxylic acids is 1. The lowest BCUT2D eigenvalue weighted by Crippen LogP contribution is -1.97. The second-order valence-corrected chi connectivity index (χ2v) is 4.06. The molecule has 1 aromatic rings. The van der Waals surface area contributed by atoms with Gasteiger partial charge in [-0.2, -0.15) is 5.26 Å². The van der Waals surface area contributed by atoms with Crippen LogP contribution in [0.1, 0.15) is 5.56 Å². The van der Waals surface area contributed by atoms with Gasteiger partial charge >= 0.3 is 5.97 Å². The van der Waals surface area contributed by atoms with Crippen molar-refractivity contribution in [2.45, 2.75) is 0 Å². The fourth-order valence-corrected chi connectivity index (χ4v) is 1.78. The maximum atomic E-state index is 10.7. The second kappa shape index (κ2) is 4.47. The molecule has 17 heavy (non-hydrogen) atoms. The Hall–Kier alpha value is -2.00. The fraction of sp³-hybridized carbons (Fsp3) is 0.0909. The molecule has 5 nitrogen and oxygen atoms in total. The molecule has 0 unspecified atom stereocenters. The Bertz CT molecular complexity index is 559. The molecule has 2 rings (SSSR count). The predicted octanol–water partition coefficient (Wildman–Crippen LogP) is 2.17. The third-order valence-corrected chi connectivity index (χ3v) is 2.83. The normalized spacial score (nSPS) is 13.3. The van der Waals surface area contributed by atoms with E-state index in [0.29, 0.717) is 21.5 Å². The maximum absolute atomic E-state index is 10.7. The zero-order chi connectivity index (χ0) is 12.4. The Kier molecular flexibility index (Phi) is 3.02. The summed E-state index contributed by atoms with van der Waals surface area (Å²) >= 11 is 3.27. The van der Waals surface area contributed by atoms with Crippen LogP contribution >= 0.6 is 15.9 Å². The molecule has 0 fully saturated rings. The van der Waals surface area contributed by atoms with Crippen molar-refractivity contribution in [2.75, 3.05) is 6.79 Å². The Morgan fingerprint density at radius 1 is 1.47 bits per heavy atom. The highest BCUT2D eigenvalue weighted by Crippen LogP contribution is 2.37. The molecule has 1 aromatic carbocycles. The van der Waals surface area contributed by atoms with Crippen LogP contribution in [0.15, 0.2) is 22.2 Å². The number of aliphatic carboxylic acids is 1. The number of carboxylic acid groups (broad SMARTS) is 1. The molecular weight excluding hydrogens is 290 g/mol. The van der Waals surface area contributed by atoms with Crippen molar-refractivity contribution in [1.29, 1.82) is 5.26 Å². The highest BCUT2D eigenvalue weighted by molar-refractivity contribution is 9.10. The number of nitrogens with zero attached hydrogens (tertiary/aromatic N) is 1. The summed E-state index contributed by atoms with van der Waals surface area (Å²) in [5.41, 5.74) is 0.206. The van der Waals surface area contributed by atoms with Gasteiger partial charge in [-0.05, 0) is 23.8 Å². The van der Waals surface area contributed by atoms with Crippen molar-refractivity contribution in [3.63, 3.8) is 0 Å². The van der Waals surface area contributed by atoms with Crippen LogP contribution in [0.2, 0.25) is 0 Å². The van der Waals surface area contributed by atoms with E-state index in [1.54, 1.807) is 18.2 Å². The van der Waals surface area contributed by atoms with E-state index >= 15 is 0 Å². The summed E-state index contributed by atoms with van der Waals surface area (Å²) in [6.45, 7) is 0.138. The van der Waals surface area contributed by atoms with Gasteiger partial charge in [0.2, 0.25) is 6.79 Å². The Morgan fingerprint density at radius 2 is 2.12 bits per heavy atom. The number of benzene rings is 1. The van der Waals surface area contributed by atoms with E-state index in [1.165, 1.54) is 6.08 Å². The highest BCUT2D eigenvalue weighted by Gasteiger charge is 2.16. The molecule has 0 bridgehead atoms. The number of fused-ring (bicyclic) bond motifs is 1. The molecule has 0 saturated heterocycles. The van der Waals surface area contributed by atoms with Crippen LogP contribution in [0, 0.1) is 11.3 Å². The summed E-state index contributed by atoms with van der Waals surface area (Å²) in [5, 5.41) is 17.4. The monoisotopic (exact) mass is 295 g/mol. The maximum Gasteiger partial charge on any atom is 0.346 e. The molecule has 0 amide bonds. The average Bonchev–Trinajstić information content (AvgIpc) is 2.72. The standard InChI is InChI=1S/C11H6BrNO4/c12-8-3-10-9(16-5-17-10)2-6(8)1-7(4-13)11(14)15/h1-3H,5H2,(H,14,15)/b7-1-. The molecule has 0 atom stereocenters. The first-order chi connectivity index (χ1) is 8.11. The molecular formula is C11H6BrNO4. The topological polar surface area (TPSA) is 79.5 Å². The number of hydrogen-bond acceptors (Lipinski definition) is 4. The molecule has 1 aliphatic rings. The molecule has 1 aliphatic heterocycles. The van der Waals surface area contributed by atoms with E-state index in [4.69, 9.17) is 19.8 Å². The minimum atomic E-state index is -1.27. The van der Waals surface area contributed by atoms with Gasteiger partial charge in [-0.1, -0.05) is 15.9 Å². The SMILES string of the molecule is N#C/C(=C/c1cc2c(cc1Br)OCO2)C(=O)O. The first kappa shape index (κ1) is 11.5. The van der Waals surface area contributed by atoms with E-state index < -0.39 is 5.97 Å². The number of hydrogen-bond donors (Lipinski definition) is 1. The van der Waals surface area contributed by atoms with E-state index in [2.05, 4.69) is 15.9 Å². The van der Waals surface area contributed by atoms with Crippen molar-refractivity contribution in [3.05, 3.63) is 27.7 Å². The lowest BCUT2D eigenvalue weighted by Gasteiger charge is -2.02. The molecule has 1 N–H and O–H groups in total. The summed E-state index contributed by atoms with van der Waals surface area (Å²) in [6.07, 6.45) is 1.27. The first-order valence-corrected chi connectivity index (χ1v) is 5.35. The zero-order valence-corrected chi connectivity index (χ0v) is 10.0. The molecule has 0 spiro atoms. The van der Waals surface area contributed by atoms with Gasteiger partial charge in [-0.15, -0.1) is 0 Å². The van der Waals surface area contributed by atoms with Crippen LogP contribution in [0.25, 0.3) is 6.08 Å². The van der Waals surface area contributed by atoms with Gasteiger partial charge in [0.15, 0.2) is 11.5 Å². The largest absolute Gasteiger partial charge is 0.477 e. The molecule has 0 aliphatic carbocycles. The number of nitriles is 1. The van der Waals surface area contributed by atoms with Crippen LogP contribution in [-0.2, 0) is 4.79 Å². The third-order valence-electron chi connectivity index (χ3n) is 2.14. The zero-order valence-electron chi connectivity index (χ0n) is 8.44. The second-order valence-electron chi connectivity index (χ2n) is 3.20. The van der Waals surface area contributed by atoms with Gasteiger partial charge in [0.1, 0.15) is 11.6 Å². The minimum Gasteiger partial charge on any atom is -0.477 e. The lowest BCUT2D eigenvalue weighted by molar-refractivity contribution is -0.132. The van der Waals surface area contributed by atoms with Crippen molar-refractivity contribution in [1.82, 2.24) is 0 Å². The summed E-state index contributed by atoms with van der Waals surface area (Å²) < 4.78 is 11.0. The Morgan fingerprint density at radius 3 is 2.71 bits per heavy atom. The van der Waals surface area contributed by atoms with Crippen molar-refractivity contribution in [2.24, 2.45) is 0 Å². The van der Waals surface area contributed by atoms with E-state index in [9.17, 15) is 4.79 Å². The third kappa shape index (κ3) is 2.24. The van der Waals surface area contributed by atoms with Crippen LogP contribution in [-0.4, -0.2) is 17.9 Å². The summed E-state index contributed by atoms with van der Waals surface area (Å²) in [4.78, 5) is 10.7. The van der Waals surface area contributed by atoms with Gasteiger partial charge in [0, 0.05) is 4.47 Å². The summed E-state index contributed by atoms with van der Waals surface area (Å²) in [6, 6.07) is 4.90. The number of ether oxygens (including phenoxy) is 2. The molecule has 86 valence electrons. The van der Waals surface area contributed by atoms with E-state index in [1.807, 2.05) is 0 Å². The van der Waals surface area contributed by atoms with Gasteiger partial charge in [0.05, 0.1) is 0 Å². The smallest absolute Gasteiger partial charge is 0.346 e. The predicted molar refractivity (Wildman–Crippen MR) is 61.5 cm³/mol. The van der Waals surface area contributed by atoms with Gasteiger partial charge < -0.3 is 14.6 Å². The Labute approximate surface area is 105 Å². The van der Waals surface area contributed by atoms with Gasteiger partial charge in [0.25, 0.3) is 0 Å². The minimum absolute atomic E-state index is 0.138. The lowest BCUT2D eigenvalue weighted by atomic mass is 10.1. The van der Waals surface area contributed by atoms with Crippen LogP contribution in [0.4, 0.5) is 0 Å². The summed E-state index contributed by atoms with van der Waals surface area (Å²) in [7, 11) is 0. The molecule has 0 saturated carbocycles. The fourth-order valence-electron chi connectivity index (χ4n) is 1.34. The molecule has 6 heteroatoms. The molecule has 0 aromatic heterocycles. The quantitative estimate of drug-likeness (QED) is 0.668. The van der Waals surface area contributed by atoms with E-state index in [0.717, 1.165) is 0 Å². The van der Waals surface area contributed by atoms with Gasteiger partial charge in [-0.25, -0.2) is 4.79 Å². The van der Waals surface area contributed by atoms with E-state index in [-0.39, 0.29) is 12.4 Å². The van der Waals surface area contributed by atoms with Crippen molar-refractivity contribution < 1.29 is 19.4 Å². The Balaban J connectivity index is 2.47. The first-order valence-electron chi connectivity index (χ1n) is 4.56. The van der Waals surface area contributed by atoms with Crippen LogP contribution < -0.4 is 9.47 Å². The van der Waals surface area contributed by atoms with Gasteiger partial charge in [-0.3, -0.25) is 0 Å². The number of rotatable bonds is 2. The average molecular weight is 296 g/mol. The van der Waals surface area contributed by atoms with Crippen molar-refractivity contribution in [3.8, 4) is 17.6 Å².